The molecule has 1 atom stereocenters. The number of carbonyl (C=O) groups excluding carboxylic acids is 1. The lowest BCUT2D eigenvalue weighted by Crippen LogP contribution is -2.39. The number of sulfonamides is 1. The Morgan fingerprint density at radius 1 is 1.25 bits per heavy atom. The van der Waals surface area contributed by atoms with Gasteiger partial charge >= 0.3 is 0 Å². The highest BCUT2D eigenvalue weighted by Crippen LogP contribution is 2.33. The summed E-state index contributed by atoms with van der Waals surface area (Å²) in [5.41, 5.74) is 0.845. The summed E-state index contributed by atoms with van der Waals surface area (Å²) in [6.07, 6.45) is 1.86. The van der Waals surface area contributed by atoms with Crippen LogP contribution in [-0.4, -0.2) is 41.6 Å². The normalized spacial score (nSPS) is 17.2. The Kier molecular flexibility index (Phi) is 6.38. The zero-order chi connectivity index (χ0) is 22.9. The van der Waals surface area contributed by atoms with Gasteiger partial charge in [0.15, 0.2) is 5.13 Å². The Hall–Kier alpha value is -2.67. The lowest BCUT2D eigenvalue weighted by molar-refractivity contribution is -0.384. The van der Waals surface area contributed by atoms with E-state index in [2.05, 4.69) is 10.3 Å². The number of nitro groups is 1. The van der Waals surface area contributed by atoms with Crippen LogP contribution in [0.3, 0.4) is 0 Å². The van der Waals surface area contributed by atoms with Crippen molar-refractivity contribution in [3.05, 3.63) is 56.8 Å². The maximum Gasteiger partial charge on any atom is 0.280 e. The molecule has 3 aromatic rings. The van der Waals surface area contributed by atoms with Crippen molar-refractivity contribution in [3.63, 3.8) is 0 Å². The highest BCUT2D eigenvalue weighted by Gasteiger charge is 2.28. The summed E-state index contributed by atoms with van der Waals surface area (Å²) in [5.74, 6) is -0.0920. The second-order valence-electron chi connectivity index (χ2n) is 7.55. The number of hydrogen-bond acceptors (Lipinski definition) is 8. The number of amides is 1. The minimum Gasteiger partial charge on any atom is -0.298 e. The molecule has 1 aliphatic heterocycles. The van der Waals surface area contributed by atoms with Crippen molar-refractivity contribution in [2.24, 2.45) is 5.92 Å². The van der Waals surface area contributed by atoms with E-state index in [0.717, 1.165) is 12.8 Å². The molecule has 0 radical (unpaired) electrons. The van der Waals surface area contributed by atoms with E-state index < -0.39 is 20.9 Å². The van der Waals surface area contributed by atoms with E-state index in [1.54, 1.807) is 5.38 Å². The first kappa shape index (κ1) is 22.5. The highest BCUT2D eigenvalue weighted by atomic mass is 32.2. The van der Waals surface area contributed by atoms with Crippen LogP contribution in [0.25, 0.3) is 10.6 Å². The predicted octanol–water partition coefficient (Wildman–Crippen LogP) is 4.45. The van der Waals surface area contributed by atoms with Crippen LogP contribution in [-0.2, 0) is 10.0 Å². The van der Waals surface area contributed by atoms with Gasteiger partial charge < -0.3 is 0 Å². The molecule has 1 aliphatic rings. The fraction of sp³-hybridized carbons (Fsp3) is 0.300. The molecule has 3 heterocycles. The number of carbonyl (C=O) groups is 1. The Labute approximate surface area is 192 Å². The first-order valence-electron chi connectivity index (χ1n) is 9.84. The third-order valence-corrected chi connectivity index (χ3v) is 8.72. The quantitative estimate of drug-likeness (QED) is 0.401. The van der Waals surface area contributed by atoms with Crippen molar-refractivity contribution in [2.75, 3.05) is 18.4 Å². The first-order chi connectivity index (χ1) is 15.2. The van der Waals surface area contributed by atoms with E-state index in [1.165, 1.54) is 62.7 Å². The minimum absolute atomic E-state index is 0.00219. The zero-order valence-corrected chi connectivity index (χ0v) is 19.5. The van der Waals surface area contributed by atoms with Gasteiger partial charge in [-0.15, -0.1) is 22.7 Å². The number of piperidine rings is 1. The second kappa shape index (κ2) is 9.06. The number of thiophene rings is 1. The molecule has 9 nitrogen and oxygen atoms in total. The molecule has 32 heavy (non-hydrogen) atoms. The summed E-state index contributed by atoms with van der Waals surface area (Å²) >= 11 is 2.41. The van der Waals surface area contributed by atoms with E-state index in [-0.39, 0.29) is 10.6 Å². The molecule has 168 valence electrons. The van der Waals surface area contributed by atoms with Gasteiger partial charge in [0.2, 0.25) is 10.0 Å². The minimum atomic E-state index is -3.58. The molecule has 1 amide bonds. The SMILES string of the molecule is CC1CCCN(S(=O)(=O)c2ccc(C(=O)Nc3nc(-c4cc([N+](=O)[O-])cs4)cs3)cc2)C1. The van der Waals surface area contributed by atoms with Gasteiger partial charge in [-0.25, -0.2) is 13.4 Å². The fourth-order valence-corrected chi connectivity index (χ4v) is 6.66. The Morgan fingerprint density at radius 3 is 2.66 bits per heavy atom. The number of benzene rings is 1. The van der Waals surface area contributed by atoms with E-state index in [9.17, 15) is 23.3 Å². The molecule has 12 heteroatoms. The number of anilines is 1. The van der Waals surface area contributed by atoms with Gasteiger partial charge in [-0.05, 0) is 43.0 Å². The molecular formula is C20H20N4O5S3. The Bertz CT molecular complexity index is 1250. The van der Waals surface area contributed by atoms with Crippen LogP contribution in [0, 0.1) is 16.0 Å². The van der Waals surface area contributed by atoms with Crippen LogP contribution in [0.5, 0.6) is 0 Å². The average molecular weight is 493 g/mol. The number of nitrogens with zero attached hydrogens (tertiary/aromatic N) is 3. The van der Waals surface area contributed by atoms with Crippen molar-refractivity contribution >= 4 is 49.4 Å². The topological polar surface area (TPSA) is 123 Å². The van der Waals surface area contributed by atoms with Gasteiger partial charge in [-0.3, -0.25) is 20.2 Å². The second-order valence-corrected chi connectivity index (χ2v) is 11.3. The summed E-state index contributed by atoms with van der Waals surface area (Å²) < 4.78 is 27.2. The molecular weight excluding hydrogens is 472 g/mol. The van der Waals surface area contributed by atoms with E-state index in [4.69, 9.17) is 0 Å². The van der Waals surface area contributed by atoms with Crippen LogP contribution in [0.1, 0.15) is 30.1 Å². The van der Waals surface area contributed by atoms with Gasteiger partial charge in [-0.2, -0.15) is 4.31 Å². The molecule has 1 saturated heterocycles. The molecule has 0 spiro atoms. The van der Waals surface area contributed by atoms with Crippen LogP contribution in [0.2, 0.25) is 0 Å². The van der Waals surface area contributed by atoms with Crippen molar-refractivity contribution in [2.45, 2.75) is 24.7 Å². The molecule has 1 unspecified atom stereocenters. The van der Waals surface area contributed by atoms with Crippen LogP contribution in [0.15, 0.2) is 46.0 Å². The number of aromatic nitrogens is 1. The summed E-state index contributed by atoms with van der Waals surface area (Å²) in [4.78, 5) is 28.1. The molecule has 1 aromatic carbocycles. The van der Waals surface area contributed by atoms with Crippen LogP contribution < -0.4 is 5.32 Å². The number of hydrogen-bond donors (Lipinski definition) is 1. The summed E-state index contributed by atoms with van der Waals surface area (Å²) in [5, 5.41) is 17.0. The number of nitrogens with one attached hydrogen (secondary N) is 1. The molecule has 1 fully saturated rings. The van der Waals surface area contributed by atoms with Crippen LogP contribution >= 0.6 is 22.7 Å². The molecule has 0 bridgehead atoms. The summed E-state index contributed by atoms with van der Waals surface area (Å²) in [6, 6.07) is 7.29. The smallest absolute Gasteiger partial charge is 0.280 e. The Balaban J connectivity index is 1.44. The van der Waals surface area contributed by atoms with Crippen molar-refractivity contribution in [3.8, 4) is 10.6 Å². The van der Waals surface area contributed by atoms with Crippen molar-refractivity contribution in [1.29, 1.82) is 0 Å². The van der Waals surface area contributed by atoms with E-state index in [1.807, 2.05) is 6.92 Å². The first-order valence-corrected chi connectivity index (χ1v) is 13.0. The molecule has 1 N–H and O–H groups in total. The predicted molar refractivity (Wildman–Crippen MR) is 124 cm³/mol. The van der Waals surface area contributed by atoms with Gasteiger partial charge in [-0.1, -0.05) is 6.92 Å². The highest BCUT2D eigenvalue weighted by molar-refractivity contribution is 7.89. The zero-order valence-electron chi connectivity index (χ0n) is 17.1. The third-order valence-electron chi connectivity index (χ3n) is 5.15. The number of rotatable bonds is 6. The van der Waals surface area contributed by atoms with Crippen LogP contribution in [0.4, 0.5) is 10.8 Å². The van der Waals surface area contributed by atoms with Crippen molar-refractivity contribution < 1.29 is 18.1 Å². The van der Waals surface area contributed by atoms with Crippen molar-refractivity contribution in [1.82, 2.24) is 9.29 Å². The lowest BCUT2D eigenvalue weighted by Gasteiger charge is -2.30. The average Bonchev–Trinajstić information content (AvgIpc) is 3.43. The van der Waals surface area contributed by atoms with Gasteiger partial charge in [0.25, 0.3) is 11.6 Å². The molecule has 0 saturated carbocycles. The van der Waals surface area contributed by atoms with Gasteiger partial charge in [0.05, 0.1) is 25.8 Å². The molecule has 4 rings (SSSR count). The van der Waals surface area contributed by atoms with Gasteiger partial charge in [0, 0.05) is 30.1 Å². The molecule has 0 aliphatic carbocycles. The van der Waals surface area contributed by atoms with E-state index >= 15 is 0 Å². The fourth-order valence-electron chi connectivity index (χ4n) is 3.46. The maximum atomic E-state index is 12.9. The Morgan fingerprint density at radius 2 is 2.00 bits per heavy atom. The third kappa shape index (κ3) is 4.72. The van der Waals surface area contributed by atoms with Gasteiger partial charge in [0.1, 0.15) is 0 Å². The lowest BCUT2D eigenvalue weighted by atomic mass is 10.0. The summed E-state index contributed by atoms with van der Waals surface area (Å²) in [6.45, 7) is 3.05. The standard InChI is InChI=1S/C20H20N4O5S3/c1-13-3-2-8-23(10-13)32(28,29)16-6-4-14(5-7-16)19(25)22-20-21-17(12-31-20)18-9-15(11-30-18)24(26)27/h4-7,9,11-13H,2-3,8,10H2,1H3,(H,21,22,25). The largest absolute Gasteiger partial charge is 0.298 e. The number of thiazole rings is 1. The monoisotopic (exact) mass is 492 g/mol. The molecule has 2 aromatic heterocycles. The maximum absolute atomic E-state index is 12.9. The van der Waals surface area contributed by atoms with E-state index in [0.29, 0.717) is 40.3 Å². The summed E-state index contributed by atoms with van der Waals surface area (Å²) in [7, 11) is -3.58.